The van der Waals surface area contributed by atoms with Gasteiger partial charge in [0.15, 0.2) is 0 Å². The maximum Gasteiger partial charge on any atom is 0.252 e. The van der Waals surface area contributed by atoms with Crippen LogP contribution in [-0.4, -0.2) is 38.3 Å². The summed E-state index contributed by atoms with van der Waals surface area (Å²) in [4.78, 5) is 14.7. The summed E-state index contributed by atoms with van der Waals surface area (Å²) in [6, 6.07) is 8.24. The highest BCUT2D eigenvalue weighted by molar-refractivity contribution is 9.11. The number of piperidine rings is 1. The van der Waals surface area contributed by atoms with Gasteiger partial charge in [0, 0.05) is 25.6 Å². The van der Waals surface area contributed by atoms with E-state index in [1.54, 1.807) is 23.1 Å². The minimum Gasteiger partial charge on any atom is -0.309 e. The molecule has 1 aromatic carbocycles. The number of carbonyl (C=O) groups excluding carboxylic acids is 1. The number of anilines is 1. The van der Waals surface area contributed by atoms with Crippen LogP contribution < -0.4 is 4.90 Å². The number of para-hydroxylation sites is 1. The predicted molar refractivity (Wildman–Crippen MR) is 111 cm³/mol. The molecule has 2 aliphatic rings. The van der Waals surface area contributed by atoms with Crippen LogP contribution in [0.5, 0.6) is 0 Å². The van der Waals surface area contributed by atoms with Gasteiger partial charge in [-0.25, -0.2) is 12.8 Å². The Morgan fingerprint density at radius 3 is 2.57 bits per heavy atom. The van der Waals surface area contributed by atoms with E-state index in [-0.39, 0.29) is 17.6 Å². The van der Waals surface area contributed by atoms with Crippen LogP contribution >= 0.6 is 27.3 Å². The van der Waals surface area contributed by atoms with Gasteiger partial charge in [0.25, 0.3) is 10.0 Å². The summed E-state index contributed by atoms with van der Waals surface area (Å²) >= 11 is 4.48. The molecular formula is C19H20BrFN2O3S2. The molecule has 1 aromatic heterocycles. The standard InChI is InChI=1S/C19H20BrFN2O3S2/c20-16-6-7-17(27-16)28(25,26)22-11-8-14(9-12-22)19(24)23-10-2-4-13-3-1-5-15(21)18(13)23/h1,3,5-7,14H,2,4,8-12H2. The molecule has 28 heavy (non-hydrogen) atoms. The lowest BCUT2D eigenvalue weighted by molar-refractivity contribution is -0.123. The minimum atomic E-state index is -3.53. The third-order valence-electron chi connectivity index (χ3n) is 5.38. The molecule has 1 fully saturated rings. The zero-order chi connectivity index (χ0) is 19.9. The smallest absolute Gasteiger partial charge is 0.252 e. The summed E-state index contributed by atoms with van der Waals surface area (Å²) in [6.07, 6.45) is 2.47. The van der Waals surface area contributed by atoms with Crippen LogP contribution in [-0.2, 0) is 21.2 Å². The van der Waals surface area contributed by atoms with Crippen molar-refractivity contribution in [2.75, 3.05) is 24.5 Å². The van der Waals surface area contributed by atoms with E-state index in [1.165, 1.54) is 21.7 Å². The second-order valence-electron chi connectivity index (χ2n) is 7.08. The van der Waals surface area contributed by atoms with Crippen molar-refractivity contribution >= 4 is 48.9 Å². The number of benzene rings is 1. The van der Waals surface area contributed by atoms with Crippen LogP contribution in [0.15, 0.2) is 38.3 Å². The van der Waals surface area contributed by atoms with E-state index in [9.17, 15) is 17.6 Å². The lowest BCUT2D eigenvalue weighted by Crippen LogP contribution is -2.46. The molecule has 3 heterocycles. The number of sulfonamides is 1. The molecule has 0 aliphatic carbocycles. The highest BCUT2D eigenvalue weighted by atomic mass is 79.9. The van der Waals surface area contributed by atoms with E-state index in [2.05, 4.69) is 15.9 Å². The van der Waals surface area contributed by atoms with Gasteiger partial charge in [-0.15, -0.1) is 11.3 Å². The molecule has 1 amide bonds. The highest BCUT2D eigenvalue weighted by Crippen LogP contribution is 2.34. The molecule has 0 atom stereocenters. The SMILES string of the molecule is O=C(C1CCN(S(=O)(=O)c2ccc(Br)s2)CC1)N1CCCc2cccc(F)c21. The molecule has 1 saturated heterocycles. The van der Waals surface area contributed by atoms with Crippen LogP contribution in [0.25, 0.3) is 0 Å². The Labute approximate surface area is 176 Å². The van der Waals surface area contributed by atoms with E-state index in [0.717, 1.165) is 22.2 Å². The van der Waals surface area contributed by atoms with E-state index in [4.69, 9.17) is 0 Å². The fourth-order valence-corrected chi connectivity index (χ4v) is 7.58. The second kappa shape index (κ2) is 7.85. The average Bonchev–Trinajstić information content (AvgIpc) is 3.14. The molecule has 0 bridgehead atoms. The van der Waals surface area contributed by atoms with Crippen molar-refractivity contribution in [2.24, 2.45) is 5.92 Å². The van der Waals surface area contributed by atoms with Crippen molar-refractivity contribution in [3.63, 3.8) is 0 Å². The van der Waals surface area contributed by atoms with Gasteiger partial charge >= 0.3 is 0 Å². The maximum absolute atomic E-state index is 14.4. The molecule has 5 nitrogen and oxygen atoms in total. The molecular weight excluding hydrogens is 467 g/mol. The molecule has 0 spiro atoms. The summed E-state index contributed by atoms with van der Waals surface area (Å²) in [5, 5.41) is 0. The third kappa shape index (κ3) is 3.65. The van der Waals surface area contributed by atoms with Crippen LogP contribution in [0, 0.1) is 11.7 Å². The lowest BCUT2D eigenvalue weighted by Gasteiger charge is -2.36. The Bertz CT molecular complexity index is 1000. The van der Waals surface area contributed by atoms with Gasteiger partial charge in [-0.1, -0.05) is 12.1 Å². The molecule has 4 rings (SSSR count). The van der Waals surface area contributed by atoms with Gasteiger partial charge in [-0.05, 0) is 65.4 Å². The van der Waals surface area contributed by atoms with Gasteiger partial charge in [0.05, 0.1) is 9.47 Å². The highest BCUT2D eigenvalue weighted by Gasteiger charge is 2.36. The first-order chi connectivity index (χ1) is 13.4. The summed E-state index contributed by atoms with van der Waals surface area (Å²) in [7, 11) is -3.53. The Hall–Kier alpha value is -1.29. The molecule has 2 aliphatic heterocycles. The monoisotopic (exact) mass is 486 g/mol. The topological polar surface area (TPSA) is 57.7 Å². The zero-order valence-corrected chi connectivity index (χ0v) is 18.3. The Kier molecular flexibility index (Phi) is 5.61. The van der Waals surface area contributed by atoms with Gasteiger partial charge in [0.2, 0.25) is 5.91 Å². The number of hydrogen-bond donors (Lipinski definition) is 0. The molecule has 0 N–H and O–H groups in total. The van der Waals surface area contributed by atoms with Crippen molar-refractivity contribution < 1.29 is 17.6 Å². The number of thiophene rings is 1. The number of halogens is 2. The summed E-state index contributed by atoms with van der Waals surface area (Å²) in [5.41, 5.74) is 1.26. The van der Waals surface area contributed by atoms with E-state index in [1.807, 2.05) is 6.07 Å². The van der Waals surface area contributed by atoms with Crippen molar-refractivity contribution in [3.05, 3.63) is 45.5 Å². The van der Waals surface area contributed by atoms with Gasteiger partial charge in [-0.2, -0.15) is 4.31 Å². The molecule has 9 heteroatoms. The third-order valence-corrected chi connectivity index (χ3v) is 9.37. The van der Waals surface area contributed by atoms with Crippen LogP contribution in [0.2, 0.25) is 0 Å². The van der Waals surface area contributed by atoms with Crippen molar-refractivity contribution in [1.29, 1.82) is 0 Å². The quantitative estimate of drug-likeness (QED) is 0.657. The number of amides is 1. The fraction of sp³-hybridized carbons (Fsp3) is 0.421. The Morgan fingerprint density at radius 2 is 1.89 bits per heavy atom. The van der Waals surface area contributed by atoms with E-state index < -0.39 is 10.0 Å². The maximum atomic E-state index is 14.4. The summed E-state index contributed by atoms with van der Waals surface area (Å²) in [6.45, 7) is 1.10. The minimum absolute atomic E-state index is 0.0954. The van der Waals surface area contributed by atoms with Crippen LogP contribution in [0.4, 0.5) is 10.1 Å². The van der Waals surface area contributed by atoms with Gasteiger partial charge in [-0.3, -0.25) is 4.79 Å². The van der Waals surface area contributed by atoms with Gasteiger partial charge < -0.3 is 4.90 Å². The van der Waals surface area contributed by atoms with Gasteiger partial charge in [0.1, 0.15) is 10.0 Å². The molecule has 0 saturated carbocycles. The largest absolute Gasteiger partial charge is 0.309 e. The molecule has 150 valence electrons. The number of fused-ring (bicyclic) bond motifs is 1. The molecule has 2 aromatic rings. The van der Waals surface area contributed by atoms with Crippen LogP contribution in [0.1, 0.15) is 24.8 Å². The van der Waals surface area contributed by atoms with Crippen molar-refractivity contribution in [3.8, 4) is 0 Å². The predicted octanol–water partition coefficient (Wildman–Crippen LogP) is 4.03. The van der Waals surface area contributed by atoms with E-state index in [0.29, 0.717) is 42.4 Å². The summed E-state index contributed by atoms with van der Waals surface area (Å²) in [5.74, 6) is -0.747. The fourth-order valence-electron chi connectivity index (χ4n) is 3.95. The number of aryl methyl sites for hydroxylation is 1. The number of carbonyl (C=O) groups is 1. The Balaban J connectivity index is 1.47. The number of rotatable bonds is 3. The normalized spacial score (nSPS) is 18.9. The summed E-state index contributed by atoms with van der Waals surface area (Å²) < 4.78 is 42.4. The lowest BCUT2D eigenvalue weighted by atomic mass is 9.94. The molecule has 0 unspecified atom stereocenters. The first-order valence-electron chi connectivity index (χ1n) is 9.22. The van der Waals surface area contributed by atoms with Crippen molar-refractivity contribution in [2.45, 2.75) is 29.9 Å². The Morgan fingerprint density at radius 1 is 1.14 bits per heavy atom. The molecule has 0 radical (unpaired) electrons. The van der Waals surface area contributed by atoms with E-state index >= 15 is 0 Å². The first kappa shape index (κ1) is 20.0. The zero-order valence-electron chi connectivity index (χ0n) is 15.1. The number of hydrogen-bond acceptors (Lipinski definition) is 4. The first-order valence-corrected chi connectivity index (χ1v) is 12.3. The number of nitrogens with zero attached hydrogens (tertiary/aromatic N) is 2. The second-order valence-corrected chi connectivity index (χ2v) is 11.7. The average molecular weight is 487 g/mol. The van der Waals surface area contributed by atoms with Crippen molar-refractivity contribution in [1.82, 2.24) is 4.31 Å². The van der Waals surface area contributed by atoms with Crippen LogP contribution in [0.3, 0.4) is 0 Å².